The predicted octanol–water partition coefficient (Wildman–Crippen LogP) is 4.37. The molecular weight excluding hydrogens is 263 g/mol. The van der Waals surface area contributed by atoms with Gasteiger partial charge >= 0.3 is 0 Å². The van der Waals surface area contributed by atoms with Crippen molar-refractivity contribution < 1.29 is 13.2 Å². The normalized spacial score (nSPS) is 10.4. The van der Waals surface area contributed by atoms with Crippen molar-refractivity contribution in [1.82, 2.24) is 0 Å². The molecule has 0 saturated carbocycles. The second-order valence-corrected chi connectivity index (χ2v) is 4.15. The minimum absolute atomic E-state index is 0.0644. The summed E-state index contributed by atoms with van der Waals surface area (Å²) in [5.41, 5.74) is 0.419. The van der Waals surface area contributed by atoms with E-state index in [-0.39, 0.29) is 12.2 Å². The summed E-state index contributed by atoms with van der Waals surface area (Å²) in [4.78, 5) is 0. The second-order valence-electron chi connectivity index (χ2n) is 3.71. The van der Waals surface area contributed by atoms with Crippen LogP contribution in [0, 0.1) is 17.5 Å². The van der Waals surface area contributed by atoms with Crippen molar-refractivity contribution in [2.45, 2.75) is 6.54 Å². The van der Waals surface area contributed by atoms with Crippen molar-refractivity contribution >= 4 is 17.3 Å². The van der Waals surface area contributed by atoms with Crippen LogP contribution in [0.15, 0.2) is 36.4 Å². The van der Waals surface area contributed by atoms with Gasteiger partial charge in [0.25, 0.3) is 0 Å². The fraction of sp³-hybridized carbons (Fsp3) is 0.0769. The first-order chi connectivity index (χ1) is 8.56. The highest BCUT2D eigenvalue weighted by atomic mass is 35.5. The van der Waals surface area contributed by atoms with Gasteiger partial charge < -0.3 is 5.32 Å². The molecule has 2 rings (SSSR count). The topological polar surface area (TPSA) is 12.0 Å². The third kappa shape index (κ3) is 2.96. The van der Waals surface area contributed by atoms with Crippen LogP contribution in [0.4, 0.5) is 18.9 Å². The third-order valence-corrected chi connectivity index (χ3v) is 2.64. The van der Waals surface area contributed by atoms with Gasteiger partial charge in [0.05, 0.1) is 5.69 Å². The Labute approximate surface area is 107 Å². The maximum atomic E-state index is 13.4. The number of halogens is 4. The van der Waals surface area contributed by atoms with Crippen LogP contribution in [-0.4, -0.2) is 0 Å². The van der Waals surface area contributed by atoms with Crippen LogP contribution in [0.3, 0.4) is 0 Å². The molecule has 5 heteroatoms. The quantitative estimate of drug-likeness (QED) is 0.874. The van der Waals surface area contributed by atoms with Crippen molar-refractivity contribution in [3.63, 3.8) is 0 Å². The van der Waals surface area contributed by atoms with Crippen molar-refractivity contribution in [2.24, 2.45) is 0 Å². The van der Waals surface area contributed by atoms with Crippen LogP contribution >= 0.6 is 11.6 Å². The van der Waals surface area contributed by atoms with Gasteiger partial charge in [0.15, 0.2) is 0 Å². The number of anilines is 1. The van der Waals surface area contributed by atoms with Gasteiger partial charge in [-0.3, -0.25) is 0 Å². The molecule has 0 spiro atoms. The molecule has 0 bridgehead atoms. The molecule has 2 aromatic carbocycles. The lowest BCUT2D eigenvalue weighted by Gasteiger charge is -2.08. The molecule has 2 aromatic rings. The number of benzene rings is 2. The first-order valence-electron chi connectivity index (χ1n) is 5.19. The standard InChI is InChI=1S/C13H9ClF3N/c14-9-1-3-11(16)8(5-9)7-18-13-4-2-10(15)6-12(13)17/h1-6,18H,7H2. The van der Waals surface area contributed by atoms with E-state index in [2.05, 4.69) is 5.32 Å². The molecule has 0 saturated heterocycles. The highest BCUT2D eigenvalue weighted by Crippen LogP contribution is 2.19. The van der Waals surface area contributed by atoms with Gasteiger partial charge in [-0.1, -0.05) is 11.6 Å². The molecule has 0 heterocycles. The average Bonchev–Trinajstić information content (AvgIpc) is 2.32. The lowest BCUT2D eigenvalue weighted by Crippen LogP contribution is -2.03. The maximum absolute atomic E-state index is 13.4. The van der Waals surface area contributed by atoms with Gasteiger partial charge in [-0.05, 0) is 30.3 Å². The molecule has 94 valence electrons. The molecule has 1 N–H and O–H groups in total. The Morgan fingerprint density at radius 1 is 0.944 bits per heavy atom. The molecule has 0 unspecified atom stereocenters. The van der Waals surface area contributed by atoms with E-state index in [9.17, 15) is 13.2 Å². The Morgan fingerprint density at radius 3 is 2.44 bits per heavy atom. The maximum Gasteiger partial charge on any atom is 0.149 e. The monoisotopic (exact) mass is 271 g/mol. The number of hydrogen-bond acceptors (Lipinski definition) is 1. The highest BCUT2D eigenvalue weighted by molar-refractivity contribution is 6.30. The molecule has 0 amide bonds. The summed E-state index contributed by atoms with van der Waals surface area (Å²) in [5.74, 6) is -1.82. The minimum atomic E-state index is -0.725. The lowest BCUT2D eigenvalue weighted by molar-refractivity contribution is 0.584. The van der Waals surface area contributed by atoms with Gasteiger partial charge in [0.1, 0.15) is 17.5 Å². The van der Waals surface area contributed by atoms with Crippen LogP contribution in [0.5, 0.6) is 0 Å². The van der Waals surface area contributed by atoms with Crippen LogP contribution < -0.4 is 5.32 Å². The summed E-state index contributed by atoms with van der Waals surface area (Å²) in [6.07, 6.45) is 0. The zero-order valence-electron chi connectivity index (χ0n) is 9.18. The summed E-state index contributed by atoms with van der Waals surface area (Å²) in [6, 6.07) is 7.26. The van der Waals surface area contributed by atoms with E-state index in [1.807, 2.05) is 0 Å². The van der Waals surface area contributed by atoms with E-state index >= 15 is 0 Å². The first kappa shape index (κ1) is 12.8. The minimum Gasteiger partial charge on any atom is -0.378 e. The molecule has 0 aromatic heterocycles. The van der Waals surface area contributed by atoms with E-state index in [1.54, 1.807) is 0 Å². The largest absolute Gasteiger partial charge is 0.378 e. The van der Waals surface area contributed by atoms with Gasteiger partial charge in [-0.15, -0.1) is 0 Å². The van der Waals surface area contributed by atoms with Crippen molar-refractivity contribution in [1.29, 1.82) is 0 Å². The van der Waals surface area contributed by atoms with E-state index in [0.717, 1.165) is 12.1 Å². The summed E-state index contributed by atoms with van der Waals surface area (Å²) < 4.78 is 39.4. The fourth-order valence-electron chi connectivity index (χ4n) is 1.50. The van der Waals surface area contributed by atoms with Crippen molar-refractivity contribution in [3.8, 4) is 0 Å². The van der Waals surface area contributed by atoms with E-state index in [0.29, 0.717) is 10.6 Å². The Bertz CT molecular complexity index is 572. The molecule has 0 aliphatic heterocycles. The first-order valence-corrected chi connectivity index (χ1v) is 5.57. The second kappa shape index (κ2) is 5.31. The lowest BCUT2D eigenvalue weighted by atomic mass is 10.2. The van der Waals surface area contributed by atoms with Crippen LogP contribution in [-0.2, 0) is 6.54 Å². The zero-order chi connectivity index (χ0) is 13.1. The van der Waals surface area contributed by atoms with Gasteiger partial charge in [0, 0.05) is 23.2 Å². The summed E-state index contributed by atoms with van der Waals surface area (Å²) in [6.45, 7) is 0.0644. The Balaban J connectivity index is 2.13. The third-order valence-electron chi connectivity index (χ3n) is 2.41. The average molecular weight is 272 g/mol. The molecular formula is C13H9ClF3N. The van der Waals surface area contributed by atoms with Crippen molar-refractivity contribution in [2.75, 3.05) is 5.32 Å². The Morgan fingerprint density at radius 2 is 1.72 bits per heavy atom. The molecule has 0 radical (unpaired) electrons. The van der Waals surface area contributed by atoms with Crippen molar-refractivity contribution in [3.05, 3.63) is 64.4 Å². The van der Waals surface area contributed by atoms with E-state index in [4.69, 9.17) is 11.6 Å². The molecule has 1 nitrogen and oxygen atoms in total. The molecule has 0 atom stereocenters. The fourth-order valence-corrected chi connectivity index (χ4v) is 1.70. The highest BCUT2D eigenvalue weighted by Gasteiger charge is 2.06. The SMILES string of the molecule is Fc1ccc(NCc2cc(Cl)ccc2F)c(F)c1. The van der Waals surface area contributed by atoms with Crippen LogP contribution in [0.1, 0.15) is 5.56 Å². The number of rotatable bonds is 3. The summed E-state index contributed by atoms with van der Waals surface area (Å²) >= 11 is 5.73. The van der Waals surface area contributed by atoms with Crippen LogP contribution in [0.2, 0.25) is 5.02 Å². The van der Waals surface area contributed by atoms with Crippen LogP contribution in [0.25, 0.3) is 0 Å². The molecule has 0 aliphatic carbocycles. The van der Waals surface area contributed by atoms with E-state index in [1.165, 1.54) is 24.3 Å². The predicted molar refractivity (Wildman–Crippen MR) is 65.1 cm³/mol. The molecule has 18 heavy (non-hydrogen) atoms. The zero-order valence-corrected chi connectivity index (χ0v) is 9.94. The molecule has 0 aliphatic rings. The summed E-state index contributed by atoms with van der Waals surface area (Å²) in [7, 11) is 0. The molecule has 0 fully saturated rings. The summed E-state index contributed by atoms with van der Waals surface area (Å²) in [5, 5.41) is 3.08. The van der Waals surface area contributed by atoms with Gasteiger partial charge in [-0.2, -0.15) is 0 Å². The van der Waals surface area contributed by atoms with Gasteiger partial charge in [0.2, 0.25) is 0 Å². The Kier molecular flexibility index (Phi) is 3.77. The Hall–Kier alpha value is -1.68. The van der Waals surface area contributed by atoms with E-state index < -0.39 is 17.5 Å². The number of hydrogen-bond donors (Lipinski definition) is 1. The van der Waals surface area contributed by atoms with Gasteiger partial charge in [-0.25, -0.2) is 13.2 Å². The smallest absolute Gasteiger partial charge is 0.149 e. The number of nitrogens with one attached hydrogen (secondary N) is 1.